The van der Waals surface area contributed by atoms with Crippen LogP contribution in [0.15, 0.2) is 22.8 Å². The molecule has 1 spiro atoms. The minimum atomic E-state index is 0.309. The van der Waals surface area contributed by atoms with E-state index in [2.05, 4.69) is 18.3 Å². The minimum Gasteiger partial charge on any atom is -0.468 e. The summed E-state index contributed by atoms with van der Waals surface area (Å²) >= 11 is 0. The molecular weight excluding hydrogens is 226 g/mol. The van der Waals surface area contributed by atoms with Gasteiger partial charge in [-0.3, -0.25) is 0 Å². The normalized spacial score (nSPS) is 37.9. The third-order valence-corrected chi connectivity index (χ3v) is 5.44. The number of rotatable bonds is 3. The Morgan fingerprint density at radius 3 is 3.00 bits per heavy atom. The average Bonchev–Trinajstić information content (AvgIpc) is 2.93. The minimum absolute atomic E-state index is 0.309. The third kappa shape index (κ3) is 1.32. The van der Waals surface area contributed by atoms with Gasteiger partial charge in [-0.05, 0) is 38.3 Å². The lowest BCUT2D eigenvalue weighted by Gasteiger charge is -2.64. The Bertz CT molecular complexity index is 424. The van der Waals surface area contributed by atoms with Crippen LogP contribution in [0.25, 0.3) is 0 Å². The molecule has 2 saturated carbocycles. The maximum Gasteiger partial charge on any atom is 0.120 e. The maximum absolute atomic E-state index is 5.95. The molecule has 2 aliphatic carbocycles. The van der Waals surface area contributed by atoms with Crippen LogP contribution in [-0.2, 0) is 4.74 Å². The maximum atomic E-state index is 5.95. The molecule has 0 radical (unpaired) electrons. The molecule has 1 saturated heterocycles. The van der Waals surface area contributed by atoms with Crippen molar-refractivity contribution in [2.75, 3.05) is 6.61 Å². The molecule has 1 aliphatic heterocycles. The van der Waals surface area contributed by atoms with Gasteiger partial charge in [0.05, 0.1) is 18.4 Å². The van der Waals surface area contributed by atoms with Gasteiger partial charge in [-0.15, -0.1) is 0 Å². The van der Waals surface area contributed by atoms with Crippen molar-refractivity contribution in [2.45, 2.75) is 50.8 Å². The number of hydrogen-bond donors (Lipinski definition) is 1. The molecule has 3 nitrogen and oxygen atoms in total. The summed E-state index contributed by atoms with van der Waals surface area (Å²) in [6, 6.07) is 4.98. The highest BCUT2D eigenvalue weighted by Gasteiger charge is 2.66. The number of ether oxygens (including phenoxy) is 1. The van der Waals surface area contributed by atoms with Crippen molar-refractivity contribution >= 4 is 0 Å². The topological polar surface area (TPSA) is 34.4 Å². The summed E-state index contributed by atoms with van der Waals surface area (Å²) in [5.74, 6) is 1.79. The van der Waals surface area contributed by atoms with Crippen LogP contribution in [-0.4, -0.2) is 18.8 Å². The van der Waals surface area contributed by atoms with Crippen molar-refractivity contribution in [3.05, 3.63) is 24.2 Å². The Morgan fingerprint density at radius 2 is 2.33 bits per heavy atom. The lowest BCUT2D eigenvalue weighted by atomic mass is 9.46. The monoisotopic (exact) mass is 247 g/mol. The van der Waals surface area contributed by atoms with Crippen LogP contribution in [0.3, 0.4) is 0 Å². The van der Waals surface area contributed by atoms with Gasteiger partial charge in [-0.1, -0.05) is 6.42 Å². The van der Waals surface area contributed by atoms with E-state index in [4.69, 9.17) is 9.15 Å². The van der Waals surface area contributed by atoms with E-state index in [-0.39, 0.29) is 0 Å². The van der Waals surface area contributed by atoms with Crippen molar-refractivity contribution in [1.29, 1.82) is 0 Å². The van der Waals surface area contributed by atoms with Crippen LogP contribution in [0.1, 0.15) is 44.4 Å². The molecule has 1 aromatic heterocycles. The first kappa shape index (κ1) is 11.1. The standard InChI is InChI=1S/C15H21NO2/c1-10(12-4-2-8-17-12)16-13-11-5-9-18-14(11)15(13)6-3-7-15/h2,4,8,10-11,13-14,16H,3,5-7,9H2,1H3/t10-,11-,13+,14+/m0/s1. The van der Waals surface area contributed by atoms with Gasteiger partial charge < -0.3 is 14.5 Å². The van der Waals surface area contributed by atoms with Crippen LogP contribution in [0.4, 0.5) is 0 Å². The van der Waals surface area contributed by atoms with Crippen molar-refractivity contribution in [3.63, 3.8) is 0 Å². The third-order valence-electron chi connectivity index (χ3n) is 5.44. The van der Waals surface area contributed by atoms with Gasteiger partial charge in [0, 0.05) is 24.0 Å². The summed E-state index contributed by atoms with van der Waals surface area (Å²) in [6.07, 6.45) is 7.60. The molecule has 0 bridgehead atoms. The SMILES string of the molecule is C[C@H](N[C@@H]1[C@@H]2CCO[C@H]2C12CCC2)c1ccco1. The average molecular weight is 247 g/mol. The first-order chi connectivity index (χ1) is 8.81. The van der Waals surface area contributed by atoms with E-state index in [1.165, 1.54) is 25.7 Å². The second-order valence-corrected chi connectivity index (χ2v) is 6.21. The van der Waals surface area contributed by atoms with Gasteiger partial charge in [0.1, 0.15) is 5.76 Å². The van der Waals surface area contributed by atoms with E-state index in [1.54, 1.807) is 6.26 Å². The van der Waals surface area contributed by atoms with E-state index in [0.29, 0.717) is 23.6 Å². The van der Waals surface area contributed by atoms with Crippen LogP contribution >= 0.6 is 0 Å². The smallest absolute Gasteiger partial charge is 0.120 e. The Morgan fingerprint density at radius 1 is 1.44 bits per heavy atom. The molecule has 98 valence electrons. The van der Waals surface area contributed by atoms with Gasteiger partial charge in [0.15, 0.2) is 0 Å². The molecule has 1 N–H and O–H groups in total. The predicted molar refractivity (Wildman–Crippen MR) is 68.2 cm³/mol. The molecule has 4 atom stereocenters. The van der Waals surface area contributed by atoms with Crippen molar-refractivity contribution in [2.24, 2.45) is 11.3 Å². The highest BCUT2D eigenvalue weighted by atomic mass is 16.5. The first-order valence-electron chi connectivity index (χ1n) is 7.22. The molecule has 0 unspecified atom stereocenters. The van der Waals surface area contributed by atoms with Crippen LogP contribution < -0.4 is 5.32 Å². The van der Waals surface area contributed by atoms with Gasteiger partial charge in [0.2, 0.25) is 0 Å². The van der Waals surface area contributed by atoms with Crippen LogP contribution in [0.2, 0.25) is 0 Å². The molecule has 0 aromatic carbocycles. The molecule has 3 heteroatoms. The molecular formula is C15H21NO2. The molecule has 0 amide bonds. The van der Waals surface area contributed by atoms with E-state index in [0.717, 1.165) is 18.3 Å². The van der Waals surface area contributed by atoms with Gasteiger partial charge in [0.25, 0.3) is 0 Å². The number of nitrogens with one attached hydrogen (secondary N) is 1. The predicted octanol–water partition coefficient (Wildman–Crippen LogP) is 2.89. The Hall–Kier alpha value is -0.800. The van der Waals surface area contributed by atoms with Crippen molar-refractivity contribution in [3.8, 4) is 0 Å². The van der Waals surface area contributed by atoms with E-state index >= 15 is 0 Å². The highest BCUT2D eigenvalue weighted by Crippen LogP contribution is 2.63. The zero-order chi connectivity index (χ0) is 12.2. The summed E-state index contributed by atoms with van der Waals surface area (Å²) in [6.45, 7) is 3.17. The number of hydrogen-bond acceptors (Lipinski definition) is 3. The zero-order valence-corrected chi connectivity index (χ0v) is 10.9. The van der Waals surface area contributed by atoms with E-state index < -0.39 is 0 Å². The molecule has 18 heavy (non-hydrogen) atoms. The molecule has 1 aromatic rings. The fourth-order valence-corrected chi connectivity index (χ4v) is 4.38. The van der Waals surface area contributed by atoms with Crippen molar-refractivity contribution < 1.29 is 9.15 Å². The van der Waals surface area contributed by atoms with E-state index in [9.17, 15) is 0 Å². The molecule has 2 heterocycles. The van der Waals surface area contributed by atoms with E-state index in [1.807, 2.05) is 6.07 Å². The summed E-state index contributed by atoms with van der Waals surface area (Å²) in [5, 5.41) is 3.81. The number of furan rings is 1. The van der Waals surface area contributed by atoms with Crippen molar-refractivity contribution in [1.82, 2.24) is 5.32 Å². The van der Waals surface area contributed by atoms with Gasteiger partial charge in [-0.25, -0.2) is 0 Å². The second-order valence-electron chi connectivity index (χ2n) is 6.21. The second kappa shape index (κ2) is 3.84. The highest BCUT2D eigenvalue weighted by molar-refractivity contribution is 5.19. The van der Waals surface area contributed by atoms with Crippen LogP contribution in [0.5, 0.6) is 0 Å². The van der Waals surface area contributed by atoms with Gasteiger partial charge >= 0.3 is 0 Å². The molecule has 3 aliphatic rings. The Labute approximate surface area is 108 Å². The first-order valence-corrected chi connectivity index (χ1v) is 7.22. The molecule has 4 rings (SSSR count). The fourth-order valence-electron chi connectivity index (χ4n) is 4.38. The summed E-state index contributed by atoms with van der Waals surface area (Å²) < 4.78 is 11.5. The Balaban J connectivity index is 1.51. The van der Waals surface area contributed by atoms with Gasteiger partial charge in [-0.2, -0.15) is 0 Å². The zero-order valence-electron chi connectivity index (χ0n) is 10.9. The van der Waals surface area contributed by atoms with Crippen LogP contribution in [0, 0.1) is 11.3 Å². The summed E-state index contributed by atoms with van der Waals surface area (Å²) in [4.78, 5) is 0. The summed E-state index contributed by atoms with van der Waals surface area (Å²) in [5.41, 5.74) is 0.460. The lowest BCUT2D eigenvalue weighted by Crippen LogP contribution is -2.71. The lowest BCUT2D eigenvalue weighted by molar-refractivity contribution is -0.178. The largest absolute Gasteiger partial charge is 0.468 e. The summed E-state index contributed by atoms with van der Waals surface area (Å²) in [7, 11) is 0. The fraction of sp³-hybridized carbons (Fsp3) is 0.733. The number of fused-ring (bicyclic) bond motifs is 2. The Kier molecular flexibility index (Phi) is 2.36. The quantitative estimate of drug-likeness (QED) is 0.892. The molecule has 3 fully saturated rings.